The van der Waals surface area contributed by atoms with Crippen molar-refractivity contribution in [3.63, 3.8) is 0 Å². The van der Waals surface area contributed by atoms with E-state index in [4.69, 9.17) is 5.73 Å². The van der Waals surface area contributed by atoms with E-state index in [2.05, 4.69) is 4.72 Å². The quantitative estimate of drug-likeness (QED) is 0.815. The molecule has 0 radical (unpaired) electrons. The summed E-state index contributed by atoms with van der Waals surface area (Å²) in [5.74, 6) is -1.69. The van der Waals surface area contributed by atoms with Gasteiger partial charge < -0.3 is 5.73 Å². The van der Waals surface area contributed by atoms with Gasteiger partial charge in [-0.3, -0.25) is 4.79 Å². The maximum Gasteiger partial charge on any atom is 0.416 e. The monoisotopic (exact) mass is 372 g/mol. The first-order chi connectivity index (χ1) is 11.6. The maximum atomic E-state index is 12.7. The van der Waals surface area contributed by atoms with E-state index < -0.39 is 38.5 Å². The molecule has 5 nitrogen and oxygen atoms in total. The molecular weight excluding hydrogens is 357 g/mol. The number of alkyl halides is 3. The predicted molar refractivity (Wildman–Crippen MR) is 85.0 cm³/mol. The Morgan fingerprint density at radius 3 is 2.28 bits per heavy atom. The second kappa shape index (κ2) is 7.24. The van der Waals surface area contributed by atoms with Crippen molar-refractivity contribution in [3.8, 4) is 0 Å². The fraction of sp³-hybridized carbons (Fsp3) is 0.188. The molecule has 1 atom stereocenters. The number of nitrogens with two attached hydrogens (primary N) is 1. The molecule has 0 saturated heterocycles. The highest BCUT2D eigenvalue weighted by Crippen LogP contribution is 2.30. The lowest BCUT2D eigenvalue weighted by Gasteiger charge is -2.15. The Morgan fingerprint density at radius 2 is 1.72 bits per heavy atom. The van der Waals surface area contributed by atoms with Crippen LogP contribution in [0.5, 0.6) is 0 Å². The number of nitrogens with one attached hydrogen (secondary N) is 1. The molecule has 0 fully saturated rings. The summed E-state index contributed by atoms with van der Waals surface area (Å²) >= 11 is 0. The highest BCUT2D eigenvalue weighted by Gasteiger charge is 2.32. The Morgan fingerprint density at radius 1 is 1.08 bits per heavy atom. The number of sulfonamides is 1. The Balaban J connectivity index is 2.22. The van der Waals surface area contributed by atoms with Gasteiger partial charge in [0.05, 0.1) is 16.4 Å². The normalized spacial score (nSPS) is 13.4. The number of rotatable bonds is 6. The van der Waals surface area contributed by atoms with Crippen LogP contribution in [0.4, 0.5) is 13.2 Å². The first-order valence-corrected chi connectivity index (χ1v) is 8.61. The van der Waals surface area contributed by atoms with Crippen molar-refractivity contribution in [2.75, 3.05) is 6.54 Å². The van der Waals surface area contributed by atoms with Gasteiger partial charge >= 0.3 is 6.18 Å². The van der Waals surface area contributed by atoms with Crippen LogP contribution in [0.2, 0.25) is 0 Å². The van der Waals surface area contributed by atoms with Gasteiger partial charge in [0.15, 0.2) is 0 Å². The largest absolute Gasteiger partial charge is 0.416 e. The molecule has 9 heteroatoms. The Hall–Kier alpha value is -2.39. The molecule has 25 heavy (non-hydrogen) atoms. The number of carbonyl (C=O) groups excluding carboxylic acids is 1. The third-order valence-electron chi connectivity index (χ3n) is 3.49. The Kier molecular flexibility index (Phi) is 5.48. The molecule has 0 aliphatic heterocycles. The number of primary amides is 1. The molecule has 2 aromatic carbocycles. The highest BCUT2D eigenvalue weighted by molar-refractivity contribution is 7.89. The fourth-order valence-electron chi connectivity index (χ4n) is 2.18. The average Bonchev–Trinajstić information content (AvgIpc) is 2.55. The van der Waals surface area contributed by atoms with Gasteiger partial charge in [0.25, 0.3) is 0 Å². The molecule has 0 aromatic heterocycles. The summed E-state index contributed by atoms with van der Waals surface area (Å²) in [6, 6.07) is 11.6. The molecule has 0 aliphatic rings. The number of hydrogen-bond donors (Lipinski definition) is 2. The number of amides is 1. The van der Waals surface area contributed by atoms with Crippen LogP contribution in [0.15, 0.2) is 59.5 Å². The van der Waals surface area contributed by atoms with Gasteiger partial charge in [0.1, 0.15) is 0 Å². The second-order valence-corrected chi connectivity index (χ2v) is 7.01. The number of carbonyl (C=O) groups is 1. The summed E-state index contributed by atoms with van der Waals surface area (Å²) in [6.45, 7) is -0.363. The zero-order valence-electron chi connectivity index (χ0n) is 12.8. The van der Waals surface area contributed by atoms with Gasteiger partial charge in [-0.25, -0.2) is 13.1 Å². The van der Waals surface area contributed by atoms with Gasteiger partial charge in [-0.15, -0.1) is 0 Å². The minimum Gasteiger partial charge on any atom is -0.369 e. The standard InChI is InChI=1S/C16H15F3N2O3S/c17-16(18,19)12-7-4-8-13(9-12)25(23,24)21-10-14(15(20)22)11-5-2-1-3-6-11/h1-9,14,21H,10H2,(H2,20,22). The zero-order chi connectivity index (χ0) is 18.7. The lowest BCUT2D eigenvalue weighted by molar-refractivity contribution is -0.137. The lowest BCUT2D eigenvalue weighted by Crippen LogP contribution is -2.34. The van der Waals surface area contributed by atoms with E-state index in [0.717, 1.165) is 18.2 Å². The molecule has 1 unspecified atom stereocenters. The predicted octanol–water partition coefficient (Wildman–Crippen LogP) is 2.25. The van der Waals surface area contributed by atoms with Crippen LogP contribution in [-0.4, -0.2) is 20.9 Å². The summed E-state index contributed by atoms with van der Waals surface area (Å²) in [4.78, 5) is 11.0. The second-order valence-electron chi connectivity index (χ2n) is 5.24. The van der Waals surface area contributed by atoms with Gasteiger partial charge in [0.2, 0.25) is 15.9 Å². The summed E-state index contributed by atoms with van der Waals surface area (Å²) < 4.78 is 64.8. The molecule has 2 rings (SSSR count). The molecule has 0 spiro atoms. The summed E-state index contributed by atoms with van der Waals surface area (Å²) in [7, 11) is -4.24. The topological polar surface area (TPSA) is 89.3 Å². The lowest BCUT2D eigenvalue weighted by atomic mass is 9.99. The molecule has 1 amide bonds. The molecule has 2 aromatic rings. The van der Waals surface area contributed by atoms with Gasteiger partial charge in [-0.1, -0.05) is 36.4 Å². The van der Waals surface area contributed by atoms with E-state index in [-0.39, 0.29) is 6.54 Å². The molecule has 134 valence electrons. The van der Waals surface area contributed by atoms with Gasteiger partial charge in [0, 0.05) is 6.54 Å². The van der Waals surface area contributed by atoms with E-state index in [1.165, 1.54) is 0 Å². The highest BCUT2D eigenvalue weighted by atomic mass is 32.2. The average molecular weight is 372 g/mol. The maximum absolute atomic E-state index is 12.7. The Bertz CT molecular complexity index is 852. The van der Waals surface area contributed by atoms with Crippen LogP contribution in [0, 0.1) is 0 Å². The molecule has 0 heterocycles. The van der Waals surface area contributed by atoms with Crippen LogP contribution < -0.4 is 10.5 Å². The SMILES string of the molecule is NC(=O)C(CNS(=O)(=O)c1cccc(C(F)(F)F)c1)c1ccccc1. The zero-order valence-corrected chi connectivity index (χ0v) is 13.6. The molecule has 0 aliphatic carbocycles. The van der Waals surface area contributed by atoms with E-state index >= 15 is 0 Å². The van der Waals surface area contributed by atoms with Crippen molar-refractivity contribution in [3.05, 3.63) is 65.7 Å². The van der Waals surface area contributed by atoms with Crippen LogP contribution in [0.1, 0.15) is 17.0 Å². The first kappa shape index (κ1) is 18.9. The fourth-order valence-corrected chi connectivity index (χ4v) is 3.28. The summed E-state index contributed by atoms with van der Waals surface area (Å²) in [6.07, 6.45) is -4.66. The molecule has 3 N–H and O–H groups in total. The third kappa shape index (κ3) is 4.80. The van der Waals surface area contributed by atoms with Gasteiger partial charge in [-0.05, 0) is 23.8 Å². The summed E-state index contributed by atoms with van der Waals surface area (Å²) in [5, 5.41) is 0. The van der Waals surface area contributed by atoms with Crippen molar-refractivity contribution in [1.82, 2.24) is 4.72 Å². The number of halogens is 3. The third-order valence-corrected chi connectivity index (χ3v) is 4.92. The number of hydrogen-bond acceptors (Lipinski definition) is 3. The van der Waals surface area contributed by atoms with Crippen molar-refractivity contribution < 1.29 is 26.4 Å². The van der Waals surface area contributed by atoms with Crippen molar-refractivity contribution in [2.24, 2.45) is 5.73 Å². The smallest absolute Gasteiger partial charge is 0.369 e. The van der Waals surface area contributed by atoms with Crippen LogP contribution >= 0.6 is 0 Å². The van der Waals surface area contributed by atoms with Crippen molar-refractivity contribution in [2.45, 2.75) is 17.0 Å². The van der Waals surface area contributed by atoms with E-state index in [0.29, 0.717) is 11.6 Å². The van der Waals surface area contributed by atoms with Crippen LogP contribution in [-0.2, 0) is 21.0 Å². The van der Waals surface area contributed by atoms with E-state index in [9.17, 15) is 26.4 Å². The summed E-state index contributed by atoms with van der Waals surface area (Å²) in [5.41, 5.74) is 4.72. The molecule has 0 saturated carbocycles. The van der Waals surface area contributed by atoms with E-state index in [1.54, 1.807) is 30.3 Å². The minimum absolute atomic E-state index is 0.363. The number of benzene rings is 2. The molecule has 0 bridgehead atoms. The van der Waals surface area contributed by atoms with Crippen molar-refractivity contribution >= 4 is 15.9 Å². The molecular formula is C16H15F3N2O3S. The first-order valence-electron chi connectivity index (χ1n) is 7.12. The van der Waals surface area contributed by atoms with Crippen LogP contribution in [0.25, 0.3) is 0 Å². The minimum atomic E-state index is -4.66. The Labute approximate surface area is 142 Å². The van der Waals surface area contributed by atoms with E-state index in [1.807, 2.05) is 0 Å². The van der Waals surface area contributed by atoms with Crippen molar-refractivity contribution in [1.29, 1.82) is 0 Å². The van der Waals surface area contributed by atoms with Crippen LogP contribution in [0.3, 0.4) is 0 Å². The van der Waals surface area contributed by atoms with Gasteiger partial charge in [-0.2, -0.15) is 13.2 Å².